The molecule has 0 aliphatic rings. The lowest BCUT2D eigenvalue weighted by Gasteiger charge is -2.19. The summed E-state index contributed by atoms with van der Waals surface area (Å²) in [5.41, 5.74) is 1.07. The first kappa shape index (κ1) is 17.2. The molecule has 0 unspecified atom stereocenters. The van der Waals surface area contributed by atoms with Crippen LogP contribution >= 0.6 is 11.6 Å². The van der Waals surface area contributed by atoms with Crippen molar-refractivity contribution in [1.82, 2.24) is 5.32 Å². The van der Waals surface area contributed by atoms with Crippen molar-refractivity contribution < 1.29 is 4.79 Å². The van der Waals surface area contributed by atoms with E-state index in [0.717, 1.165) is 25.1 Å². The standard InChI is InChI=1S/C17H26ClNO/c1-12(2)11-19-10-9-16(17(20)13(3)4)14-5-7-15(18)8-6-14/h5-8,12-13,16,19H,9-11H2,1-4H3/t16-/m1/s1. The van der Waals surface area contributed by atoms with Gasteiger partial charge in [-0.2, -0.15) is 0 Å². The Hall–Kier alpha value is -0.860. The Balaban J connectivity index is 2.70. The molecule has 0 saturated heterocycles. The molecule has 0 fully saturated rings. The Labute approximate surface area is 127 Å². The highest BCUT2D eigenvalue weighted by molar-refractivity contribution is 6.30. The van der Waals surface area contributed by atoms with E-state index in [-0.39, 0.29) is 11.8 Å². The number of nitrogens with one attached hydrogen (secondary N) is 1. The molecule has 0 spiro atoms. The van der Waals surface area contributed by atoms with Gasteiger partial charge in [0.2, 0.25) is 0 Å². The van der Waals surface area contributed by atoms with Crippen LogP contribution in [0.3, 0.4) is 0 Å². The first-order valence-electron chi connectivity index (χ1n) is 7.41. The van der Waals surface area contributed by atoms with Gasteiger partial charge in [-0.3, -0.25) is 4.79 Å². The van der Waals surface area contributed by atoms with Crippen molar-refractivity contribution in [2.45, 2.75) is 40.0 Å². The number of rotatable bonds is 8. The molecule has 1 N–H and O–H groups in total. The molecular weight excluding hydrogens is 270 g/mol. The SMILES string of the molecule is CC(C)CNCC[C@@H](C(=O)C(C)C)c1ccc(Cl)cc1. The topological polar surface area (TPSA) is 29.1 Å². The van der Waals surface area contributed by atoms with Crippen molar-refractivity contribution in [3.63, 3.8) is 0 Å². The van der Waals surface area contributed by atoms with Gasteiger partial charge < -0.3 is 5.32 Å². The van der Waals surface area contributed by atoms with Gasteiger partial charge in [0.1, 0.15) is 5.78 Å². The minimum Gasteiger partial charge on any atom is -0.316 e. The Kier molecular flexibility index (Phi) is 7.25. The predicted molar refractivity (Wildman–Crippen MR) is 86.4 cm³/mol. The van der Waals surface area contributed by atoms with Gasteiger partial charge in [-0.05, 0) is 43.1 Å². The monoisotopic (exact) mass is 295 g/mol. The van der Waals surface area contributed by atoms with Crippen molar-refractivity contribution in [1.29, 1.82) is 0 Å². The zero-order chi connectivity index (χ0) is 15.1. The summed E-state index contributed by atoms with van der Waals surface area (Å²) in [6.45, 7) is 10.2. The lowest BCUT2D eigenvalue weighted by molar-refractivity contribution is -0.123. The third kappa shape index (κ3) is 5.64. The first-order chi connectivity index (χ1) is 9.41. The molecule has 1 aromatic carbocycles. The van der Waals surface area contributed by atoms with E-state index in [1.807, 2.05) is 38.1 Å². The van der Waals surface area contributed by atoms with Crippen molar-refractivity contribution >= 4 is 17.4 Å². The van der Waals surface area contributed by atoms with Crippen LogP contribution in [0.4, 0.5) is 0 Å². The second kappa shape index (κ2) is 8.43. The summed E-state index contributed by atoms with van der Waals surface area (Å²) in [6.07, 6.45) is 0.839. The van der Waals surface area contributed by atoms with Gasteiger partial charge in [-0.15, -0.1) is 0 Å². The molecule has 1 rings (SSSR count). The maximum atomic E-state index is 12.4. The summed E-state index contributed by atoms with van der Waals surface area (Å²) < 4.78 is 0. The van der Waals surface area contributed by atoms with Crippen LogP contribution in [0.15, 0.2) is 24.3 Å². The first-order valence-corrected chi connectivity index (χ1v) is 7.79. The highest BCUT2D eigenvalue weighted by Crippen LogP contribution is 2.25. The Morgan fingerprint density at radius 3 is 2.25 bits per heavy atom. The number of Topliss-reactive ketones (excluding diaryl/α,β-unsaturated/α-hetero) is 1. The normalized spacial score (nSPS) is 12.9. The van der Waals surface area contributed by atoms with E-state index in [9.17, 15) is 4.79 Å². The number of ketones is 1. The largest absolute Gasteiger partial charge is 0.316 e. The number of carbonyl (C=O) groups excluding carboxylic acids is 1. The van der Waals surface area contributed by atoms with E-state index in [1.165, 1.54) is 0 Å². The summed E-state index contributed by atoms with van der Waals surface area (Å²) in [5.74, 6) is 0.955. The molecule has 0 radical (unpaired) electrons. The molecule has 1 atom stereocenters. The Morgan fingerprint density at radius 1 is 1.15 bits per heavy atom. The number of benzene rings is 1. The van der Waals surface area contributed by atoms with E-state index < -0.39 is 0 Å². The number of halogens is 1. The minimum absolute atomic E-state index is 0.0353. The van der Waals surface area contributed by atoms with Gasteiger partial charge in [0.25, 0.3) is 0 Å². The molecule has 0 saturated carbocycles. The quantitative estimate of drug-likeness (QED) is 0.725. The second-order valence-electron chi connectivity index (χ2n) is 6.05. The van der Waals surface area contributed by atoms with Crippen LogP contribution in [-0.2, 0) is 4.79 Å². The molecule has 0 heterocycles. The second-order valence-corrected chi connectivity index (χ2v) is 6.48. The van der Waals surface area contributed by atoms with Gasteiger partial charge in [0.15, 0.2) is 0 Å². The van der Waals surface area contributed by atoms with Crippen LogP contribution in [-0.4, -0.2) is 18.9 Å². The molecule has 0 aliphatic heterocycles. The zero-order valence-corrected chi connectivity index (χ0v) is 13.7. The van der Waals surface area contributed by atoms with Crippen molar-refractivity contribution in [2.75, 3.05) is 13.1 Å². The average Bonchev–Trinajstić information content (AvgIpc) is 2.39. The molecule has 0 aliphatic carbocycles. The van der Waals surface area contributed by atoms with Crippen LogP contribution in [0.25, 0.3) is 0 Å². The third-order valence-electron chi connectivity index (χ3n) is 3.35. The van der Waals surface area contributed by atoms with E-state index in [4.69, 9.17) is 11.6 Å². The predicted octanol–water partition coefficient (Wildman–Crippen LogP) is 4.28. The summed E-state index contributed by atoms with van der Waals surface area (Å²) in [4.78, 5) is 12.4. The van der Waals surface area contributed by atoms with Gasteiger partial charge in [-0.1, -0.05) is 51.4 Å². The molecule has 3 heteroatoms. The fourth-order valence-corrected chi connectivity index (χ4v) is 2.33. The number of hydrogen-bond acceptors (Lipinski definition) is 2. The highest BCUT2D eigenvalue weighted by atomic mass is 35.5. The Bertz CT molecular complexity index is 412. The molecule has 112 valence electrons. The highest BCUT2D eigenvalue weighted by Gasteiger charge is 2.22. The molecule has 0 amide bonds. The summed E-state index contributed by atoms with van der Waals surface area (Å²) in [5, 5.41) is 4.12. The molecular formula is C17H26ClNO. The minimum atomic E-state index is -0.0353. The maximum Gasteiger partial charge on any atom is 0.142 e. The smallest absolute Gasteiger partial charge is 0.142 e. The molecule has 1 aromatic rings. The van der Waals surface area contributed by atoms with Gasteiger partial charge in [0.05, 0.1) is 0 Å². The van der Waals surface area contributed by atoms with Crippen LogP contribution in [0.5, 0.6) is 0 Å². The fourth-order valence-electron chi connectivity index (χ4n) is 2.21. The molecule has 0 aromatic heterocycles. The summed E-state index contributed by atoms with van der Waals surface area (Å²) in [7, 11) is 0. The number of hydrogen-bond donors (Lipinski definition) is 1. The maximum absolute atomic E-state index is 12.4. The molecule has 0 bridgehead atoms. The lowest BCUT2D eigenvalue weighted by Crippen LogP contribution is -2.26. The van der Waals surface area contributed by atoms with Gasteiger partial charge in [-0.25, -0.2) is 0 Å². The van der Waals surface area contributed by atoms with Crippen molar-refractivity contribution in [3.05, 3.63) is 34.9 Å². The van der Waals surface area contributed by atoms with Crippen LogP contribution in [0.1, 0.15) is 45.6 Å². The van der Waals surface area contributed by atoms with Crippen LogP contribution in [0, 0.1) is 11.8 Å². The lowest BCUT2D eigenvalue weighted by atomic mass is 9.86. The van der Waals surface area contributed by atoms with Crippen LogP contribution in [0.2, 0.25) is 5.02 Å². The van der Waals surface area contributed by atoms with Crippen LogP contribution < -0.4 is 5.32 Å². The Morgan fingerprint density at radius 2 is 1.75 bits per heavy atom. The van der Waals surface area contributed by atoms with Gasteiger partial charge >= 0.3 is 0 Å². The summed E-state index contributed by atoms with van der Waals surface area (Å²) >= 11 is 5.92. The van der Waals surface area contributed by atoms with E-state index in [2.05, 4.69) is 19.2 Å². The third-order valence-corrected chi connectivity index (χ3v) is 3.60. The zero-order valence-electron chi connectivity index (χ0n) is 12.9. The van der Waals surface area contributed by atoms with Crippen molar-refractivity contribution in [3.8, 4) is 0 Å². The number of carbonyl (C=O) groups is 1. The summed E-state index contributed by atoms with van der Waals surface area (Å²) in [6, 6.07) is 7.66. The fraction of sp³-hybridized carbons (Fsp3) is 0.588. The average molecular weight is 296 g/mol. The van der Waals surface area contributed by atoms with Crippen molar-refractivity contribution in [2.24, 2.45) is 11.8 Å². The molecule has 20 heavy (non-hydrogen) atoms. The van der Waals surface area contributed by atoms with Gasteiger partial charge in [0, 0.05) is 16.9 Å². The van der Waals surface area contributed by atoms with E-state index >= 15 is 0 Å². The van der Waals surface area contributed by atoms with E-state index in [1.54, 1.807) is 0 Å². The molecule has 2 nitrogen and oxygen atoms in total. The van der Waals surface area contributed by atoms with E-state index in [0.29, 0.717) is 16.7 Å².